The van der Waals surface area contributed by atoms with E-state index in [1.807, 2.05) is 31.2 Å². The molecule has 0 atom stereocenters. The molecule has 0 bridgehead atoms. The third kappa shape index (κ3) is 2.34. The summed E-state index contributed by atoms with van der Waals surface area (Å²) in [5.41, 5.74) is 1.33. The fraction of sp³-hybridized carbons (Fsp3) is 0.200. The van der Waals surface area contributed by atoms with Crippen LogP contribution in [0, 0.1) is 6.92 Å². The third-order valence-corrected chi connectivity index (χ3v) is 4.67. The van der Waals surface area contributed by atoms with Crippen molar-refractivity contribution in [3.8, 4) is 11.5 Å². The molecule has 0 unspecified atom stereocenters. The van der Waals surface area contributed by atoms with Crippen LogP contribution in [-0.4, -0.2) is 29.2 Å². The van der Waals surface area contributed by atoms with Gasteiger partial charge in [0.2, 0.25) is 0 Å². The smallest absolute Gasteiger partial charge is 0.267 e. The summed E-state index contributed by atoms with van der Waals surface area (Å²) in [4.78, 5) is 27.4. The Kier molecular flexibility index (Phi) is 3.68. The molecule has 6 nitrogen and oxygen atoms in total. The molecule has 1 aliphatic rings. The van der Waals surface area contributed by atoms with Crippen molar-refractivity contribution >= 4 is 22.5 Å². The predicted octanol–water partition coefficient (Wildman–Crippen LogP) is 2.68. The Morgan fingerprint density at radius 1 is 1.23 bits per heavy atom. The first-order valence-electron chi connectivity index (χ1n) is 8.35. The number of hydrogen-bond acceptors (Lipinski definition) is 4. The monoisotopic (exact) mass is 350 g/mol. The zero-order valence-electron chi connectivity index (χ0n) is 14.5. The van der Waals surface area contributed by atoms with E-state index in [0.29, 0.717) is 35.5 Å². The summed E-state index contributed by atoms with van der Waals surface area (Å²) in [7, 11) is 1.59. The number of carbonyl (C=O) groups is 1. The van der Waals surface area contributed by atoms with Gasteiger partial charge in [0.05, 0.1) is 12.1 Å². The van der Waals surface area contributed by atoms with Crippen LogP contribution in [0.4, 0.5) is 5.69 Å². The van der Waals surface area contributed by atoms with Crippen LogP contribution in [0.25, 0.3) is 10.9 Å². The Bertz CT molecular complexity index is 1090. The van der Waals surface area contributed by atoms with E-state index in [9.17, 15) is 14.7 Å². The Hall–Kier alpha value is -3.28. The molecule has 0 fully saturated rings. The average molecular weight is 350 g/mol. The average Bonchev–Trinajstić information content (AvgIpc) is 2.65. The quantitative estimate of drug-likeness (QED) is 0.771. The molecule has 0 saturated heterocycles. The number of carbonyl (C=O) groups excluding carboxylic acids is 1. The summed E-state index contributed by atoms with van der Waals surface area (Å²) >= 11 is 0. The van der Waals surface area contributed by atoms with Gasteiger partial charge in [-0.2, -0.15) is 0 Å². The molecule has 1 aliphatic heterocycles. The van der Waals surface area contributed by atoms with Crippen molar-refractivity contribution in [2.24, 2.45) is 0 Å². The van der Waals surface area contributed by atoms with E-state index in [1.54, 1.807) is 25.2 Å². The lowest BCUT2D eigenvalue weighted by Crippen LogP contribution is -2.36. The summed E-state index contributed by atoms with van der Waals surface area (Å²) in [5.74, 6) is -0.294. The number of aromatic hydroxyl groups is 1. The lowest BCUT2D eigenvalue weighted by Gasteiger charge is -2.24. The maximum Gasteiger partial charge on any atom is 0.267 e. The van der Waals surface area contributed by atoms with Gasteiger partial charge in [0.15, 0.2) is 0 Å². The molecule has 4 rings (SSSR count). The minimum atomic E-state index is -0.543. The lowest BCUT2D eigenvalue weighted by atomic mass is 10.0. The summed E-state index contributed by atoms with van der Waals surface area (Å²) in [6.45, 7) is 2.56. The van der Waals surface area contributed by atoms with Gasteiger partial charge in [0.1, 0.15) is 23.7 Å². The van der Waals surface area contributed by atoms with Crippen LogP contribution in [0.3, 0.4) is 0 Å². The number of hydrogen-bond donors (Lipinski definition) is 1. The molecule has 0 saturated carbocycles. The molecular formula is C20H18N2O4. The normalized spacial score (nSPS) is 12.7. The molecule has 26 heavy (non-hydrogen) atoms. The molecule has 0 aliphatic carbocycles. The maximum atomic E-state index is 13.0. The first-order valence-corrected chi connectivity index (χ1v) is 8.35. The molecule has 2 heterocycles. The second-order valence-corrected chi connectivity index (χ2v) is 6.39. The number of pyridine rings is 1. The number of amides is 1. The van der Waals surface area contributed by atoms with Gasteiger partial charge in [-0.05, 0) is 36.8 Å². The van der Waals surface area contributed by atoms with Gasteiger partial charge in [0, 0.05) is 18.1 Å². The summed E-state index contributed by atoms with van der Waals surface area (Å²) in [6.07, 6.45) is 0. The molecule has 132 valence electrons. The molecule has 1 aromatic heterocycles. The molecule has 1 N–H and O–H groups in total. The Labute approximate surface area is 149 Å². The van der Waals surface area contributed by atoms with Gasteiger partial charge >= 0.3 is 0 Å². The van der Waals surface area contributed by atoms with Crippen LogP contribution in [0.2, 0.25) is 0 Å². The van der Waals surface area contributed by atoms with Gasteiger partial charge in [-0.25, -0.2) is 0 Å². The van der Waals surface area contributed by atoms with Gasteiger partial charge < -0.3 is 19.3 Å². The highest BCUT2D eigenvalue weighted by molar-refractivity contribution is 6.10. The number of para-hydroxylation sites is 1. The second-order valence-electron chi connectivity index (χ2n) is 6.39. The minimum Gasteiger partial charge on any atom is -0.506 e. The van der Waals surface area contributed by atoms with Crippen molar-refractivity contribution in [3.05, 3.63) is 63.9 Å². The highest BCUT2D eigenvalue weighted by Gasteiger charge is 2.28. The zero-order chi connectivity index (χ0) is 18.4. The molecule has 0 spiro atoms. The van der Waals surface area contributed by atoms with Crippen molar-refractivity contribution < 1.29 is 14.6 Å². The molecule has 0 radical (unpaired) electrons. The maximum absolute atomic E-state index is 13.0. The van der Waals surface area contributed by atoms with Gasteiger partial charge in [-0.1, -0.05) is 18.2 Å². The molecule has 6 heteroatoms. The highest BCUT2D eigenvalue weighted by Crippen LogP contribution is 2.36. The van der Waals surface area contributed by atoms with Crippen LogP contribution < -0.4 is 15.2 Å². The van der Waals surface area contributed by atoms with Gasteiger partial charge in [0.25, 0.3) is 11.5 Å². The van der Waals surface area contributed by atoms with Crippen LogP contribution in [0.5, 0.6) is 11.5 Å². The van der Waals surface area contributed by atoms with Crippen LogP contribution >= 0.6 is 0 Å². The number of benzene rings is 2. The van der Waals surface area contributed by atoms with Crippen LogP contribution in [0.15, 0.2) is 47.3 Å². The van der Waals surface area contributed by atoms with E-state index in [-0.39, 0.29) is 11.3 Å². The number of nitrogens with zero attached hydrogens (tertiary/aromatic N) is 2. The predicted molar refractivity (Wildman–Crippen MR) is 99.3 cm³/mol. The zero-order valence-corrected chi connectivity index (χ0v) is 14.5. The van der Waals surface area contributed by atoms with E-state index in [2.05, 4.69) is 0 Å². The van der Waals surface area contributed by atoms with Crippen LogP contribution in [0.1, 0.15) is 15.9 Å². The lowest BCUT2D eigenvalue weighted by molar-refractivity contribution is 0.0988. The SMILES string of the molecule is Cc1cc2c3c(c1)c(O)c(C(=O)N(C)c1ccccc1)c(=O)n3CCO2. The molecule has 3 aromatic rings. The van der Waals surface area contributed by atoms with E-state index in [0.717, 1.165) is 5.56 Å². The van der Waals surface area contributed by atoms with Crippen molar-refractivity contribution in [2.75, 3.05) is 18.6 Å². The second kappa shape index (κ2) is 5.91. The van der Waals surface area contributed by atoms with Crippen LogP contribution in [-0.2, 0) is 6.54 Å². The first-order chi connectivity index (χ1) is 12.5. The Balaban J connectivity index is 1.97. The third-order valence-electron chi connectivity index (χ3n) is 4.67. The number of aromatic nitrogens is 1. The largest absolute Gasteiger partial charge is 0.506 e. The molecular weight excluding hydrogens is 332 g/mol. The highest BCUT2D eigenvalue weighted by atomic mass is 16.5. The minimum absolute atomic E-state index is 0.220. The van der Waals surface area contributed by atoms with Crippen molar-refractivity contribution in [1.29, 1.82) is 0 Å². The number of rotatable bonds is 2. The number of ether oxygens (including phenoxy) is 1. The summed E-state index contributed by atoms with van der Waals surface area (Å²) in [6, 6.07) is 12.6. The van der Waals surface area contributed by atoms with E-state index >= 15 is 0 Å². The van der Waals surface area contributed by atoms with E-state index in [1.165, 1.54) is 9.47 Å². The Morgan fingerprint density at radius 2 is 1.96 bits per heavy atom. The number of anilines is 1. The van der Waals surface area contributed by atoms with Crippen molar-refractivity contribution in [3.63, 3.8) is 0 Å². The fourth-order valence-corrected chi connectivity index (χ4v) is 3.38. The number of aryl methyl sites for hydroxylation is 1. The fourth-order valence-electron chi connectivity index (χ4n) is 3.38. The molecule has 2 aromatic carbocycles. The topological polar surface area (TPSA) is 71.8 Å². The first kappa shape index (κ1) is 16.2. The standard InChI is InChI=1S/C20H18N2O4/c1-12-10-14-17-15(11-12)26-9-8-22(17)20(25)16(18(14)23)19(24)21(2)13-6-4-3-5-7-13/h3-7,10-11,23H,8-9H2,1-2H3. The summed E-state index contributed by atoms with van der Waals surface area (Å²) < 4.78 is 7.15. The van der Waals surface area contributed by atoms with Crippen molar-refractivity contribution in [1.82, 2.24) is 4.57 Å². The van der Waals surface area contributed by atoms with Crippen molar-refractivity contribution in [2.45, 2.75) is 13.5 Å². The van der Waals surface area contributed by atoms with E-state index < -0.39 is 11.5 Å². The Morgan fingerprint density at radius 3 is 2.69 bits per heavy atom. The summed E-state index contributed by atoms with van der Waals surface area (Å²) in [5, 5.41) is 11.2. The molecule has 1 amide bonds. The van der Waals surface area contributed by atoms with Gasteiger partial charge in [-0.15, -0.1) is 0 Å². The van der Waals surface area contributed by atoms with E-state index in [4.69, 9.17) is 4.74 Å². The van der Waals surface area contributed by atoms with Gasteiger partial charge in [-0.3, -0.25) is 9.59 Å².